The fourth-order valence-corrected chi connectivity index (χ4v) is 18.5. The van der Waals surface area contributed by atoms with Gasteiger partial charge in [-0.2, -0.15) is 20.5 Å². The van der Waals surface area contributed by atoms with E-state index < -0.39 is 206 Å². The summed E-state index contributed by atoms with van der Waals surface area (Å²) in [5, 5.41) is 58.8. The minimum Gasteiger partial charge on any atom is -0.394 e. The van der Waals surface area contributed by atoms with Crippen molar-refractivity contribution in [1.82, 2.24) is 78.1 Å². The third-order valence-electron chi connectivity index (χ3n) is 19.3. The second kappa shape index (κ2) is 38.8. The van der Waals surface area contributed by atoms with E-state index in [1.165, 1.54) is 33.4 Å². The van der Waals surface area contributed by atoms with Gasteiger partial charge in [-0.15, -0.1) is 0 Å². The predicted molar refractivity (Wildman–Crippen MR) is 429 cm³/mol. The molecule has 4 aliphatic heterocycles. The summed E-state index contributed by atoms with van der Waals surface area (Å²) in [5.74, 6) is -4.47. The summed E-state index contributed by atoms with van der Waals surface area (Å²) in [5.41, 5.74) is 18.2. The fraction of sp³-hybridized carbons (Fsp3) is 0.441. The van der Waals surface area contributed by atoms with Gasteiger partial charge in [0, 0.05) is 32.8 Å². The maximum atomic E-state index is 17.0. The SMILES string of the molecule is CC(C)C(=O)Nc1nc2c(ncn2[C@@H]2O[C@H](CO)[C@@H](F)[C@H]2OP(=S)(OCCC#N)OC[C@H]2O[C@@H](n3cnc4c(NC(=O)c5ccccc5)ncnc43)[C@H](O[PH](=O)O[C@@H]3[C@H](N=[N+]=[N-])[C@@H](COP(=S)(OCCC#N)O[C@@H]4[C@H](F)[C@@H](CO)O[C@H]4n4cnc5c(=O)[nH]c(NC(=O)C(C)C)nc54)O[C@H]3n3cnc4c(NC(=O)c5ccccc5)ncnc43)[C@@H]2N=[N+]=[N-])c(=O)[nH]1. The number of alkyl halides is 2. The number of aromatic nitrogens is 16. The van der Waals surface area contributed by atoms with Crippen LogP contribution in [0.1, 0.15) is 86.2 Å². The Kier molecular flexibility index (Phi) is 27.8. The number of anilines is 4. The highest BCUT2D eigenvalue weighted by Crippen LogP contribution is 2.58. The molecule has 2 aromatic carbocycles. The summed E-state index contributed by atoms with van der Waals surface area (Å²) in [6, 6.07) is 16.1. The summed E-state index contributed by atoms with van der Waals surface area (Å²) >= 11 is 12.0. The molecular weight excluding hydrogens is 1740 g/mol. The Morgan fingerprint density at radius 1 is 0.556 bits per heavy atom. The molecule has 4 amide bonds. The van der Waals surface area contributed by atoms with Crippen LogP contribution in [-0.2, 0) is 92.9 Å². The molecule has 12 heterocycles. The zero-order valence-electron chi connectivity index (χ0n) is 64.7. The Labute approximate surface area is 705 Å². The van der Waals surface area contributed by atoms with Crippen LogP contribution in [0.5, 0.6) is 0 Å². The van der Waals surface area contributed by atoms with Crippen molar-refractivity contribution in [3.63, 3.8) is 0 Å². The molecule has 0 saturated carbocycles. The number of carbonyl (C=O) groups is 4. The maximum Gasteiger partial charge on any atom is 0.327 e. The largest absolute Gasteiger partial charge is 0.394 e. The number of ether oxygens (including phenoxy) is 4. The third-order valence-corrected chi connectivity index (χ3v) is 25.0. The highest BCUT2D eigenvalue weighted by Gasteiger charge is 2.56. The van der Waals surface area contributed by atoms with Gasteiger partial charge in [-0.25, -0.2) is 48.7 Å². The van der Waals surface area contributed by atoms with Gasteiger partial charge in [0.2, 0.25) is 23.7 Å². The molecule has 4 fully saturated rings. The van der Waals surface area contributed by atoms with Crippen molar-refractivity contribution in [2.75, 3.05) is 60.9 Å². The molecule has 124 heavy (non-hydrogen) atoms. The third kappa shape index (κ3) is 19.0. The second-order valence-electron chi connectivity index (χ2n) is 27.9. The van der Waals surface area contributed by atoms with Gasteiger partial charge in [0.05, 0.1) is 114 Å². The van der Waals surface area contributed by atoms with Crippen LogP contribution in [0.15, 0.2) is 118 Å². The van der Waals surface area contributed by atoms with Crippen molar-refractivity contribution in [2.24, 2.45) is 22.1 Å². The van der Waals surface area contributed by atoms with E-state index in [4.69, 9.17) is 78.8 Å². The number of aliphatic hydroxyl groups excluding tert-OH is 2. The molecule has 0 radical (unpaired) electrons. The lowest BCUT2D eigenvalue weighted by Gasteiger charge is -2.29. The van der Waals surface area contributed by atoms with Gasteiger partial charge >= 0.3 is 21.7 Å². The number of fused-ring (bicyclic) bond motifs is 4. The number of rotatable bonds is 36. The lowest BCUT2D eigenvalue weighted by molar-refractivity contribution is -0.119. The number of amides is 4. The van der Waals surface area contributed by atoms with Crippen molar-refractivity contribution in [3.05, 3.63) is 151 Å². The molecule has 8 aromatic heterocycles. The van der Waals surface area contributed by atoms with Gasteiger partial charge in [-0.3, -0.25) is 81.2 Å². The normalized spacial score (nSPS) is 24.9. The lowest BCUT2D eigenvalue weighted by atomic mass is 10.1. The number of nitrogens with zero attached hydrogens (tertiary/aromatic N) is 22. The van der Waals surface area contributed by atoms with Gasteiger partial charge in [0.1, 0.15) is 49.3 Å². The monoisotopic (exact) mass is 1810 g/mol. The number of carbonyl (C=O) groups excluding carboxylic acids is 4. The fourth-order valence-electron chi connectivity index (χ4n) is 13.3. The van der Waals surface area contributed by atoms with Crippen molar-refractivity contribution in [1.29, 1.82) is 10.5 Å². The van der Waals surface area contributed by atoms with Crippen molar-refractivity contribution < 1.29 is 97.9 Å². The number of H-pyrrole nitrogens is 2. The molecule has 8 N–H and O–H groups in total. The quantitative estimate of drug-likeness (QED) is 0.00682. The first kappa shape index (κ1) is 88.8. The highest BCUT2D eigenvalue weighted by molar-refractivity contribution is 8.07. The van der Waals surface area contributed by atoms with Crippen LogP contribution in [0.3, 0.4) is 0 Å². The van der Waals surface area contributed by atoms with Crippen LogP contribution in [-0.4, -0.2) is 225 Å². The zero-order valence-corrected chi connectivity index (χ0v) is 69.2. The number of halogens is 2. The first-order valence-electron chi connectivity index (χ1n) is 37.4. The number of benzene rings is 2. The second-order valence-corrected chi connectivity index (χ2v) is 34.8. The number of azide groups is 2. The molecule has 0 aliphatic carbocycles. The molecule has 0 spiro atoms. The summed E-state index contributed by atoms with van der Waals surface area (Å²) in [6.45, 7) is -7.74. The maximum absolute atomic E-state index is 17.0. The van der Waals surface area contributed by atoms with Crippen molar-refractivity contribution in [3.8, 4) is 12.1 Å². The summed E-state index contributed by atoms with van der Waals surface area (Å²) in [7, 11) is -4.40. The number of aromatic amines is 2. The molecule has 650 valence electrons. The van der Waals surface area contributed by atoms with Gasteiger partial charge in [0.25, 0.3) is 22.9 Å². The van der Waals surface area contributed by atoms with Crippen LogP contribution < -0.4 is 32.4 Å². The number of imidazole rings is 4. The molecular formula is C68H71F2N28O21P3S2. The molecule has 2 unspecified atom stereocenters. The number of hydrogen-bond donors (Lipinski definition) is 8. The van der Waals surface area contributed by atoms with Crippen molar-refractivity contribution in [2.45, 2.75) is 139 Å². The summed E-state index contributed by atoms with van der Waals surface area (Å²) in [6.07, 6.45) is -20.4. The predicted octanol–water partition coefficient (Wildman–Crippen LogP) is 6.51. The molecule has 4 aliphatic rings. The Morgan fingerprint density at radius 3 is 1.28 bits per heavy atom. The molecule has 56 heteroatoms. The Balaban J connectivity index is 0.811. The van der Waals surface area contributed by atoms with Gasteiger partial charge in [0.15, 0.2) is 93.5 Å². The first-order chi connectivity index (χ1) is 59.8. The van der Waals surface area contributed by atoms with E-state index in [0.29, 0.717) is 0 Å². The van der Waals surface area contributed by atoms with E-state index in [1.807, 2.05) is 12.1 Å². The molecule has 0 bridgehead atoms. The molecule has 18 atom stereocenters. The van der Waals surface area contributed by atoms with Crippen LogP contribution in [0, 0.1) is 34.5 Å². The van der Waals surface area contributed by atoms with E-state index in [2.05, 4.69) is 101 Å². The number of nitrogens with one attached hydrogen (secondary N) is 6. The first-order valence-corrected chi connectivity index (χ1v) is 43.7. The van der Waals surface area contributed by atoms with E-state index >= 15 is 13.3 Å². The van der Waals surface area contributed by atoms with Crippen LogP contribution in [0.2, 0.25) is 0 Å². The molecule has 49 nitrogen and oxygen atoms in total. The molecule has 14 rings (SSSR count). The highest BCUT2D eigenvalue weighted by atomic mass is 32.5. The number of aliphatic hydroxyl groups is 2. The van der Waals surface area contributed by atoms with Crippen molar-refractivity contribution >= 4 is 137 Å². The standard InChI is InChI=1S/C68H71F2N28O21P3S2/c1-31(2)57(101)87-67-85-55-45(61(105)89-67)81-29-97(55)63-47(39(69)35(21-99)112-63)118-121(123,108-19-11-17-71)110-23-37-41(91-93-73)49(65(114-37)95-27-79-43-51(75-25-77-53(43)95)83-59(103)33-13-7-5-8-14-33)116-120(107)117-50-42(92-94-74)38(115-66(50)96-28-80-44-52(76-26-78-54(44)96)84-60(104)34-15-9-6-10-16-34)24-111-122(124,109-20-12-18-72)119-48-40(70)36(22-100)113-64(48)98-30-82-46-56(98)86-68(90-62(46)106)88-58(102)32(3)4/h5-10,13-16,25-32,35-42,47-50,63-66,99-100,120H,11-12,19-24H2,1-4H3,(H,75,77,83,103)(H,76,78,84,104)(H2,85,87,89,101,105)(H2,86,88,90,102,106)/t35-,36-,37-,38-,39-,40-,41-,42-,47-,48-,49-,50-,63-,64-,65-,66-,121?,122?/m1/s1. The van der Waals surface area contributed by atoms with E-state index in [9.17, 15) is 60.6 Å². The topological polar surface area (TPSA) is 644 Å². The van der Waals surface area contributed by atoms with Gasteiger partial charge in [-0.1, -0.05) is 74.3 Å². The Morgan fingerprint density at radius 2 is 0.919 bits per heavy atom. The molecule has 4 saturated heterocycles. The minimum atomic E-state index is -4.62. The average Bonchev–Trinajstić information content (AvgIpc) is 1.62. The zero-order chi connectivity index (χ0) is 87.8. The van der Waals surface area contributed by atoms with Crippen LogP contribution in [0.4, 0.5) is 32.3 Å². The van der Waals surface area contributed by atoms with Crippen LogP contribution >= 0.6 is 21.7 Å². The van der Waals surface area contributed by atoms with E-state index in [0.717, 1.165) is 47.1 Å². The summed E-state index contributed by atoms with van der Waals surface area (Å²) < 4.78 is 130. The van der Waals surface area contributed by atoms with E-state index in [-0.39, 0.29) is 92.2 Å². The van der Waals surface area contributed by atoms with E-state index in [1.54, 1.807) is 64.1 Å². The smallest absolute Gasteiger partial charge is 0.327 e. The van der Waals surface area contributed by atoms with Gasteiger partial charge < -0.3 is 66.9 Å². The summed E-state index contributed by atoms with van der Waals surface area (Å²) in [4.78, 5) is 134. The number of nitriles is 2. The lowest BCUT2D eigenvalue weighted by Crippen LogP contribution is -2.35. The Bertz CT molecular complexity index is 5750. The van der Waals surface area contributed by atoms with Crippen LogP contribution in [0.25, 0.3) is 65.5 Å². The number of hydrogen-bond acceptors (Lipinski definition) is 37. The minimum absolute atomic E-state index is 0.0900. The van der Waals surface area contributed by atoms with Gasteiger partial charge in [-0.05, 0) is 58.9 Å². The average molecular weight is 1810 g/mol. The molecule has 10 aromatic rings. The Hall–Kier alpha value is -11.5.